The summed E-state index contributed by atoms with van der Waals surface area (Å²) in [7, 11) is 0. The van der Waals surface area contributed by atoms with Gasteiger partial charge in [0.1, 0.15) is 0 Å². The molecule has 0 bridgehead atoms. The van der Waals surface area contributed by atoms with E-state index < -0.39 is 0 Å². The topological polar surface area (TPSA) is 20.1 Å². The van der Waals surface area contributed by atoms with E-state index >= 15 is 0 Å². The monoisotopic (exact) mass is 192 g/mol. The van der Waals surface area contributed by atoms with E-state index in [9.17, 15) is 0 Å². The van der Waals surface area contributed by atoms with E-state index in [0.717, 1.165) is 11.0 Å². The van der Waals surface area contributed by atoms with Crippen molar-refractivity contribution < 1.29 is 0 Å². The van der Waals surface area contributed by atoms with Gasteiger partial charge in [-0.3, -0.25) is 0 Å². The number of nitrogens with one attached hydrogen (secondary N) is 1. The number of fused-ring (bicyclic) bond motifs is 3. The molecule has 0 aliphatic heterocycles. The van der Waals surface area contributed by atoms with E-state index in [2.05, 4.69) is 15.9 Å². The Morgan fingerprint density at radius 3 is 2.60 bits per heavy atom. The number of H-pyrrole nitrogens is 1. The van der Waals surface area contributed by atoms with Crippen molar-refractivity contribution >= 4 is 27.5 Å². The number of aromatic nitrogens is 1. The van der Waals surface area contributed by atoms with Crippen molar-refractivity contribution in [1.82, 2.24) is 4.98 Å². The quantitative estimate of drug-likeness (QED) is 0.522. The van der Waals surface area contributed by atoms with Crippen molar-refractivity contribution in [2.24, 2.45) is 0 Å². The molecule has 1 N–H and O–H groups in total. The van der Waals surface area contributed by atoms with Gasteiger partial charge in [-0.05, 0) is 12.1 Å². The average Bonchev–Trinajstić information content (AvgIpc) is 2.66. The van der Waals surface area contributed by atoms with Crippen LogP contribution in [0.25, 0.3) is 26.7 Å². The van der Waals surface area contributed by atoms with E-state index in [4.69, 9.17) is 6.57 Å². The van der Waals surface area contributed by atoms with Gasteiger partial charge < -0.3 is 4.98 Å². The minimum Gasteiger partial charge on any atom is -0.356 e. The molecule has 70 valence electrons. The van der Waals surface area contributed by atoms with Crippen LogP contribution in [0.2, 0.25) is 0 Å². The first-order valence-electron chi connectivity index (χ1n) is 4.76. The van der Waals surface area contributed by atoms with Crippen LogP contribution in [0, 0.1) is 6.57 Å². The first kappa shape index (κ1) is 8.07. The lowest BCUT2D eigenvalue weighted by Crippen LogP contribution is -1.65. The van der Waals surface area contributed by atoms with Gasteiger partial charge in [0.15, 0.2) is 5.69 Å². The van der Waals surface area contributed by atoms with Gasteiger partial charge in [0.25, 0.3) is 0 Å². The average molecular weight is 192 g/mol. The number of benzene rings is 2. The molecule has 0 amide bonds. The Morgan fingerprint density at radius 2 is 1.73 bits per heavy atom. The van der Waals surface area contributed by atoms with Gasteiger partial charge in [-0.1, -0.05) is 30.3 Å². The molecule has 3 aromatic rings. The van der Waals surface area contributed by atoms with Crippen LogP contribution in [0.5, 0.6) is 0 Å². The van der Waals surface area contributed by atoms with E-state index in [1.807, 2.05) is 36.4 Å². The van der Waals surface area contributed by atoms with Crippen LogP contribution in [0.3, 0.4) is 0 Å². The van der Waals surface area contributed by atoms with E-state index in [1.165, 1.54) is 10.8 Å². The zero-order valence-electron chi connectivity index (χ0n) is 7.99. The van der Waals surface area contributed by atoms with Crippen LogP contribution in [0.4, 0.5) is 5.69 Å². The molecule has 0 fully saturated rings. The SMILES string of the molecule is [C-]#[N+]c1ccc2c(c1)[nH]c1ccccc12. The lowest BCUT2D eigenvalue weighted by atomic mass is 10.1. The molecule has 2 heteroatoms. The Morgan fingerprint density at radius 1 is 0.933 bits per heavy atom. The maximum atomic E-state index is 6.96. The fourth-order valence-corrected chi connectivity index (χ4v) is 1.91. The summed E-state index contributed by atoms with van der Waals surface area (Å²) in [6.45, 7) is 6.96. The summed E-state index contributed by atoms with van der Waals surface area (Å²) in [4.78, 5) is 6.73. The van der Waals surface area contributed by atoms with Gasteiger partial charge in [0.2, 0.25) is 0 Å². The van der Waals surface area contributed by atoms with E-state index in [0.29, 0.717) is 5.69 Å². The van der Waals surface area contributed by atoms with Gasteiger partial charge in [-0.2, -0.15) is 0 Å². The smallest absolute Gasteiger partial charge is 0.189 e. The molecule has 2 nitrogen and oxygen atoms in total. The van der Waals surface area contributed by atoms with Crippen LogP contribution in [-0.4, -0.2) is 4.98 Å². The molecule has 1 aromatic heterocycles. The second-order valence-corrected chi connectivity index (χ2v) is 3.51. The summed E-state index contributed by atoms with van der Waals surface area (Å²) in [5, 5.41) is 2.39. The summed E-state index contributed by atoms with van der Waals surface area (Å²) in [6, 6.07) is 13.9. The van der Waals surface area contributed by atoms with Gasteiger partial charge in [0, 0.05) is 21.8 Å². The highest BCUT2D eigenvalue weighted by atomic mass is 14.7. The highest BCUT2D eigenvalue weighted by molar-refractivity contribution is 6.07. The molecule has 2 aromatic carbocycles. The molecule has 0 saturated carbocycles. The molecular formula is C13H8N2. The summed E-state index contributed by atoms with van der Waals surface area (Å²) in [5.74, 6) is 0. The van der Waals surface area contributed by atoms with Gasteiger partial charge in [-0.25, -0.2) is 4.85 Å². The maximum absolute atomic E-state index is 6.96. The fourth-order valence-electron chi connectivity index (χ4n) is 1.91. The number of nitrogens with zero attached hydrogens (tertiary/aromatic N) is 1. The third-order valence-corrected chi connectivity index (χ3v) is 2.62. The van der Waals surface area contributed by atoms with E-state index in [-0.39, 0.29) is 0 Å². The predicted molar refractivity (Wildman–Crippen MR) is 62.1 cm³/mol. The Kier molecular flexibility index (Phi) is 1.54. The molecule has 0 radical (unpaired) electrons. The summed E-state index contributed by atoms with van der Waals surface area (Å²) < 4.78 is 0. The van der Waals surface area contributed by atoms with Crippen molar-refractivity contribution in [1.29, 1.82) is 0 Å². The van der Waals surface area contributed by atoms with Crippen LogP contribution >= 0.6 is 0 Å². The first-order valence-corrected chi connectivity index (χ1v) is 4.76. The molecule has 3 rings (SSSR count). The number of hydrogen-bond acceptors (Lipinski definition) is 0. The van der Waals surface area contributed by atoms with E-state index in [1.54, 1.807) is 0 Å². The molecule has 15 heavy (non-hydrogen) atoms. The molecular weight excluding hydrogens is 184 g/mol. The number of para-hydroxylation sites is 1. The highest BCUT2D eigenvalue weighted by Crippen LogP contribution is 2.27. The fraction of sp³-hybridized carbons (Fsp3) is 0. The summed E-state index contributed by atoms with van der Waals surface area (Å²) in [6.07, 6.45) is 0. The molecule has 0 saturated heterocycles. The van der Waals surface area contributed by atoms with Crippen molar-refractivity contribution in [2.45, 2.75) is 0 Å². The standard InChI is InChI=1S/C13H8N2/c1-14-9-6-7-11-10-4-2-3-5-12(10)15-13(11)8-9/h2-8,15H. The van der Waals surface area contributed by atoms with Gasteiger partial charge >= 0.3 is 0 Å². The summed E-state index contributed by atoms with van der Waals surface area (Å²) in [5.41, 5.74) is 2.83. The molecule has 0 aliphatic carbocycles. The van der Waals surface area contributed by atoms with Crippen LogP contribution in [0.15, 0.2) is 42.5 Å². The lowest BCUT2D eigenvalue weighted by molar-refractivity contribution is 1.55. The normalized spacial score (nSPS) is 10.6. The Labute approximate surface area is 87.0 Å². The minimum absolute atomic E-state index is 0.675. The largest absolute Gasteiger partial charge is 0.356 e. The Hall–Kier alpha value is -2.27. The zero-order chi connectivity index (χ0) is 10.3. The number of rotatable bonds is 0. The van der Waals surface area contributed by atoms with Crippen LogP contribution in [0.1, 0.15) is 0 Å². The zero-order valence-corrected chi connectivity index (χ0v) is 7.99. The van der Waals surface area contributed by atoms with Crippen molar-refractivity contribution in [3.63, 3.8) is 0 Å². The molecule has 0 unspecified atom stereocenters. The predicted octanol–water partition coefficient (Wildman–Crippen LogP) is 3.87. The minimum atomic E-state index is 0.675. The van der Waals surface area contributed by atoms with Crippen LogP contribution < -0.4 is 0 Å². The maximum Gasteiger partial charge on any atom is 0.189 e. The molecule has 0 atom stereocenters. The van der Waals surface area contributed by atoms with Crippen molar-refractivity contribution in [2.75, 3.05) is 0 Å². The highest BCUT2D eigenvalue weighted by Gasteiger charge is 2.03. The second-order valence-electron chi connectivity index (χ2n) is 3.51. The second kappa shape index (κ2) is 2.86. The molecule has 0 spiro atoms. The molecule has 1 heterocycles. The Balaban J connectivity index is 2.50. The number of aromatic amines is 1. The number of hydrogen-bond donors (Lipinski definition) is 1. The Bertz CT molecular complexity index is 686. The van der Waals surface area contributed by atoms with Crippen LogP contribution in [-0.2, 0) is 0 Å². The first-order chi connectivity index (χ1) is 7.38. The lowest BCUT2D eigenvalue weighted by Gasteiger charge is -1.90. The third-order valence-electron chi connectivity index (χ3n) is 2.62. The van der Waals surface area contributed by atoms with Crippen molar-refractivity contribution in [3.05, 3.63) is 53.9 Å². The third kappa shape index (κ3) is 1.10. The van der Waals surface area contributed by atoms with Crippen molar-refractivity contribution in [3.8, 4) is 0 Å². The van der Waals surface area contributed by atoms with Gasteiger partial charge in [-0.15, -0.1) is 0 Å². The van der Waals surface area contributed by atoms with Gasteiger partial charge in [0.05, 0.1) is 6.57 Å². The summed E-state index contributed by atoms with van der Waals surface area (Å²) >= 11 is 0. The molecule has 0 aliphatic rings.